The Morgan fingerprint density at radius 2 is 1.62 bits per heavy atom. The number of hydrazine groups is 1. The monoisotopic (exact) mass is 453 g/mol. The molecule has 3 aliphatic rings. The molecule has 2 saturated carbocycles. The molecule has 5 rings (SSSR count). The fourth-order valence-corrected chi connectivity index (χ4v) is 5.72. The van der Waals surface area contributed by atoms with Crippen LogP contribution in [-0.2, 0) is 16.1 Å². The lowest BCUT2D eigenvalue weighted by molar-refractivity contribution is -0.384. The van der Waals surface area contributed by atoms with E-state index in [-0.39, 0.29) is 53.3 Å². The molecule has 0 radical (unpaired) electrons. The molecule has 0 spiro atoms. The van der Waals surface area contributed by atoms with Crippen molar-refractivity contribution in [3.63, 3.8) is 0 Å². The smallest absolute Gasteiger partial charge is 0.272 e. The van der Waals surface area contributed by atoms with Crippen molar-refractivity contribution in [2.45, 2.75) is 25.8 Å². The largest absolute Gasteiger partial charge is 0.273 e. The zero-order valence-electron chi connectivity index (χ0n) is 17.0. The third-order valence-electron chi connectivity index (χ3n) is 6.98. The molecule has 3 amide bonds. The average Bonchev–Trinajstić information content (AvgIpc) is 3.47. The number of hydrogen-bond donors (Lipinski definition) is 0. The second kappa shape index (κ2) is 7.70. The maximum absolute atomic E-state index is 13.5. The summed E-state index contributed by atoms with van der Waals surface area (Å²) in [6.45, 7) is -0.0677. The van der Waals surface area contributed by atoms with Gasteiger partial charge in [0.1, 0.15) is 0 Å². The number of rotatable bonds is 5. The van der Waals surface area contributed by atoms with E-state index in [2.05, 4.69) is 0 Å². The van der Waals surface area contributed by atoms with Crippen molar-refractivity contribution in [2.75, 3.05) is 0 Å². The van der Waals surface area contributed by atoms with Gasteiger partial charge in [-0.15, -0.1) is 0 Å². The number of nitrogens with zero attached hydrogens (tertiary/aromatic N) is 3. The summed E-state index contributed by atoms with van der Waals surface area (Å²) in [5, 5.41) is 13.5. The van der Waals surface area contributed by atoms with Gasteiger partial charge in [0.15, 0.2) is 0 Å². The van der Waals surface area contributed by atoms with Gasteiger partial charge in [-0.25, -0.2) is 5.01 Å². The van der Waals surface area contributed by atoms with E-state index in [1.807, 2.05) is 0 Å². The normalized spacial score (nSPS) is 25.8. The highest BCUT2D eigenvalue weighted by Crippen LogP contribution is 2.56. The van der Waals surface area contributed by atoms with Gasteiger partial charge in [0.05, 0.1) is 23.3 Å². The maximum atomic E-state index is 13.5. The number of benzene rings is 2. The topological polar surface area (TPSA) is 101 Å². The summed E-state index contributed by atoms with van der Waals surface area (Å²) < 4.78 is 0. The Balaban J connectivity index is 1.52. The van der Waals surface area contributed by atoms with Crippen molar-refractivity contribution in [1.82, 2.24) is 10.0 Å². The number of nitro benzene ring substituents is 1. The second-order valence-electron chi connectivity index (χ2n) is 8.63. The quantitative estimate of drug-likeness (QED) is 0.389. The zero-order chi connectivity index (χ0) is 22.6. The summed E-state index contributed by atoms with van der Waals surface area (Å²) in [5.74, 6) is -1.65. The van der Waals surface area contributed by atoms with E-state index < -0.39 is 10.8 Å². The Kier molecular flexibility index (Phi) is 4.97. The second-order valence-corrected chi connectivity index (χ2v) is 9.04. The molecular weight excluding hydrogens is 434 g/mol. The molecule has 0 unspecified atom stereocenters. The number of fused-ring (bicyclic) bond motifs is 5. The number of carbonyl (C=O) groups excluding carboxylic acids is 3. The number of nitro groups is 1. The summed E-state index contributed by atoms with van der Waals surface area (Å²) >= 11 is 6.30. The molecular formula is C23H20ClN3O5. The van der Waals surface area contributed by atoms with E-state index in [4.69, 9.17) is 11.6 Å². The Morgan fingerprint density at radius 1 is 1.03 bits per heavy atom. The third kappa shape index (κ3) is 3.17. The van der Waals surface area contributed by atoms with E-state index in [0.29, 0.717) is 10.6 Å². The number of non-ortho nitro benzene ring substituents is 1. The first-order valence-corrected chi connectivity index (χ1v) is 10.9. The van der Waals surface area contributed by atoms with Gasteiger partial charge in [-0.3, -0.25) is 24.5 Å². The highest BCUT2D eigenvalue weighted by atomic mass is 35.5. The van der Waals surface area contributed by atoms with Gasteiger partial charge in [0.25, 0.3) is 23.4 Å². The molecule has 1 heterocycles. The van der Waals surface area contributed by atoms with Gasteiger partial charge < -0.3 is 0 Å². The van der Waals surface area contributed by atoms with Crippen LogP contribution in [0.4, 0.5) is 5.69 Å². The van der Waals surface area contributed by atoms with Gasteiger partial charge in [0, 0.05) is 22.7 Å². The lowest BCUT2D eigenvalue weighted by Gasteiger charge is -2.31. The van der Waals surface area contributed by atoms with Crippen molar-refractivity contribution in [3.8, 4) is 0 Å². The van der Waals surface area contributed by atoms with E-state index in [1.165, 1.54) is 24.3 Å². The molecule has 32 heavy (non-hydrogen) atoms. The van der Waals surface area contributed by atoms with Crippen molar-refractivity contribution in [1.29, 1.82) is 0 Å². The first-order valence-electron chi connectivity index (χ1n) is 10.5. The van der Waals surface area contributed by atoms with Crippen LogP contribution in [0.5, 0.6) is 0 Å². The van der Waals surface area contributed by atoms with Crippen molar-refractivity contribution in [3.05, 3.63) is 74.8 Å². The fraction of sp³-hybridized carbons (Fsp3) is 0.348. The van der Waals surface area contributed by atoms with E-state index in [9.17, 15) is 24.5 Å². The lowest BCUT2D eigenvalue weighted by Crippen LogP contribution is -2.50. The predicted octanol–water partition coefficient (Wildman–Crippen LogP) is 3.84. The third-order valence-corrected chi connectivity index (χ3v) is 7.35. The molecule has 2 aliphatic carbocycles. The predicted molar refractivity (Wildman–Crippen MR) is 114 cm³/mol. The van der Waals surface area contributed by atoms with Crippen LogP contribution in [0.15, 0.2) is 48.5 Å². The zero-order valence-corrected chi connectivity index (χ0v) is 17.8. The molecule has 3 fully saturated rings. The molecule has 164 valence electrons. The standard InChI is InChI=1S/C23H20ClN3O5/c24-18-4-2-1-3-16(18)12-25(21(28)13-7-9-17(10-8-13)27(31)32)26-22(29)19-14-5-6-15(11-14)20(19)23(26)30/h1-4,7-10,14-15,19-20H,5-6,11-12H2/t14-,15-,19-,20+/m0/s1. The maximum Gasteiger partial charge on any atom is 0.273 e. The molecule has 8 nitrogen and oxygen atoms in total. The highest BCUT2D eigenvalue weighted by molar-refractivity contribution is 6.31. The number of imide groups is 1. The van der Waals surface area contributed by atoms with Crippen LogP contribution < -0.4 is 0 Å². The average molecular weight is 454 g/mol. The van der Waals surface area contributed by atoms with Gasteiger partial charge in [0.2, 0.25) is 0 Å². The highest BCUT2D eigenvalue weighted by Gasteiger charge is 2.62. The molecule has 2 bridgehead atoms. The minimum atomic E-state index is -0.589. The number of halogens is 1. The van der Waals surface area contributed by atoms with Crippen molar-refractivity contribution in [2.24, 2.45) is 23.7 Å². The van der Waals surface area contributed by atoms with Crippen LogP contribution in [0.25, 0.3) is 0 Å². The van der Waals surface area contributed by atoms with E-state index >= 15 is 0 Å². The molecule has 0 N–H and O–H groups in total. The fourth-order valence-electron chi connectivity index (χ4n) is 5.53. The molecule has 2 aromatic carbocycles. The van der Waals surface area contributed by atoms with Gasteiger partial charge in [-0.1, -0.05) is 29.8 Å². The van der Waals surface area contributed by atoms with Crippen LogP contribution in [0.1, 0.15) is 35.2 Å². The molecule has 4 atom stereocenters. The Labute approximate surface area is 188 Å². The van der Waals surface area contributed by atoms with Gasteiger partial charge in [-0.05, 0) is 54.9 Å². The molecule has 1 saturated heterocycles. The minimum absolute atomic E-state index is 0.0677. The molecule has 0 aromatic heterocycles. The van der Waals surface area contributed by atoms with Gasteiger partial charge >= 0.3 is 0 Å². The summed E-state index contributed by atoms with van der Waals surface area (Å²) in [4.78, 5) is 50.6. The number of amides is 3. The number of carbonyl (C=O) groups is 3. The Hall–Kier alpha value is -3.26. The van der Waals surface area contributed by atoms with E-state index in [0.717, 1.165) is 29.3 Å². The van der Waals surface area contributed by atoms with Gasteiger partial charge in [-0.2, -0.15) is 5.01 Å². The summed E-state index contributed by atoms with van der Waals surface area (Å²) in [7, 11) is 0. The summed E-state index contributed by atoms with van der Waals surface area (Å²) in [6.07, 6.45) is 2.75. The van der Waals surface area contributed by atoms with Crippen LogP contribution in [-0.4, -0.2) is 32.7 Å². The molecule has 2 aromatic rings. The Morgan fingerprint density at radius 3 is 2.19 bits per heavy atom. The van der Waals surface area contributed by atoms with Crippen molar-refractivity contribution < 1.29 is 19.3 Å². The van der Waals surface area contributed by atoms with Crippen LogP contribution in [0.2, 0.25) is 5.02 Å². The SMILES string of the molecule is O=C(c1ccc([N+](=O)[O-])cc1)N(Cc1ccccc1Cl)N1C(=O)[C@@H]2[C@H]3CC[C@@H](C3)[C@@H]2C1=O. The van der Waals surface area contributed by atoms with Crippen LogP contribution >= 0.6 is 11.6 Å². The van der Waals surface area contributed by atoms with Crippen LogP contribution in [0, 0.1) is 33.8 Å². The summed E-state index contributed by atoms with van der Waals surface area (Å²) in [6, 6.07) is 12.0. The number of hydrogen-bond acceptors (Lipinski definition) is 5. The van der Waals surface area contributed by atoms with Crippen molar-refractivity contribution >= 4 is 35.0 Å². The summed E-state index contributed by atoms with van der Waals surface area (Å²) in [5.41, 5.74) is 0.576. The molecule has 9 heteroatoms. The lowest BCUT2D eigenvalue weighted by atomic mass is 9.81. The van der Waals surface area contributed by atoms with Crippen LogP contribution in [0.3, 0.4) is 0 Å². The molecule has 1 aliphatic heterocycles. The minimum Gasteiger partial charge on any atom is -0.272 e. The first kappa shape index (κ1) is 20.6. The van der Waals surface area contributed by atoms with E-state index in [1.54, 1.807) is 24.3 Å². The first-order chi connectivity index (χ1) is 15.4. The Bertz CT molecular complexity index is 1110.